The summed E-state index contributed by atoms with van der Waals surface area (Å²) >= 11 is 0. The van der Waals surface area contributed by atoms with Crippen molar-refractivity contribution in [3.05, 3.63) is 11.7 Å². The third-order valence-corrected chi connectivity index (χ3v) is 3.55. The van der Waals surface area contributed by atoms with Gasteiger partial charge in [-0.25, -0.2) is 0 Å². The number of aromatic nitrogens is 2. The third-order valence-electron chi connectivity index (χ3n) is 3.55. The molecule has 2 heterocycles. The predicted molar refractivity (Wildman–Crippen MR) is 65.9 cm³/mol. The molecule has 0 amide bonds. The van der Waals surface area contributed by atoms with E-state index in [2.05, 4.69) is 34.3 Å². The molecule has 5 heteroatoms. The average molecular weight is 238 g/mol. The number of likely N-dealkylation sites (tertiary alicyclic amines) is 1. The second kappa shape index (κ2) is 5.60. The Labute approximate surface area is 103 Å². The summed E-state index contributed by atoms with van der Waals surface area (Å²) in [4.78, 5) is 6.61. The zero-order chi connectivity index (χ0) is 12.3. The number of rotatable bonds is 4. The van der Waals surface area contributed by atoms with Crippen LogP contribution in [0.4, 0.5) is 0 Å². The van der Waals surface area contributed by atoms with Gasteiger partial charge in [-0.05, 0) is 40.3 Å². The zero-order valence-electron chi connectivity index (χ0n) is 10.9. The van der Waals surface area contributed by atoms with Crippen molar-refractivity contribution in [1.82, 2.24) is 20.4 Å². The van der Waals surface area contributed by atoms with Crippen LogP contribution in [-0.2, 0) is 6.42 Å². The minimum atomic E-state index is 0.630. The van der Waals surface area contributed by atoms with E-state index in [-0.39, 0.29) is 0 Å². The molecule has 1 aromatic rings. The fraction of sp³-hybridized carbons (Fsp3) is 0.833. The summed E-state index contributed by atoms with van der Waals surface area (Å²) in [5.74, 6) is 1.45. The van der Waals surface area contributed by atoms with Crippen molar-refractivity contribution in [3.8, 4) is 0 Å². The Morgan fingerprint density at radius 1 is 1.53 bits per heavy atom. The van der Waals surface area contributed by atoms with Crippen molar-refractivity contribution in [1.29, 1.82) is 0 Å². The van der Waals surface area contributed by atoms with Gasteiger partial charge in [0, 0.05) is 25.0 Å². The molecule has 1 aromatic heterocycles. The number of hydrogen-bond donors (Lipinski definition) is 1. The van der Waals surface area contributed by atoms with Crippen LogP contribution in [0.2, 0.25) is 0 Å². The molecular formula is C12H22N4O. The van der Waals surface area contributed by atoms with E-state index in [0.29, 0.717) is 17.9 Å². The number of nitrogens with zero attached hydrogens (tertiary/aromatic N) is 3. The lowest BCUT2D eigenvalue weighted by Crippen LogP contribution is -2.46. The lowest BCUT2D eigenvalue weighted by Gasteiger charge is -2.35. The molecule has 17 heavy (non-hydrogen) atoms. The van der Waals surface area contributed by atoms with E-state index in [1.54, 1.807) is 0 Å². The Morgan fingerprint density at radius 3 is 3.00 bits per heavy atom. The van der Waals surface area contributed by atoms with Gasteiger partial charge < -0.3 is 14.7 Å². The fourth-order valence-corrected chi connectivity index (χ4v) is 2.30. The lowest BCUT2D eigenvalue weighted by molar-refractivity contribution is 0.168. The molecule has 1 fully saturated rings. The summed E-state index contributed by atoms with van der Waals surface area (Å²) in [6.45, 7) is 6.23. The van der Waals surface area contributed by atoms with Gasteiger partial charge in [0.05, 0.1) is 0 Å². The predicted octanol–water partition coefficient (Wildman–Crippen LogP) is 0.993. The van der Waals surface area contributed by atoms with E-state index >= 15 is 0 Å². The molecule has 2 atom stereocenters. The second-order valence-electron chi connectivity index (χ2n) is 4.99. The monoisotopic (exact) mass is 238 g/mol. The smallest absolute Gasteiger partial charge is 0.227 e. The highest BCUT2D eigenvalue weighted by molar-refractivity contribution is 4.85. The van der Waals surface area contributed by atoms with Crippen LogP contribution < -0.4 is 5.32 Å². The van der Waals surface area contributed by atoms with Gasteiger partial charge in [0.2, 0.25) is 5.89 Å². The fourth-order valence-electron chi connectivity index (χ4n) is 2.30. The summed E-state index contributed by atoms with van der Waals surface area (Å²) in [6, 6.07) is 1.30. The molecule has 1 saturated heterocycles. The quantitative estimate of drug-likeness (QED) is 0.848. The standard InChI is InChI=1S/C12H22N4O/c1-9-8-11(5-7-16(9)3)13-6-4-12-14-10(2)15-17-12/h9,11,13H,4-8H2,1-3H3. The van der Waals surface area contributed by atoms with Gasteiger partial charge in [-0.15, -0.1) is 0 Å². The van der Waals surface area contributed by atoms with Crippen LogP contribution >= 0.6 is 0 Å². The van der Waals surface area contributed by atoms with E-state index in [9.17, 15) is 0 Å². The van der Waals surface area contributed by atoms with E-state index in [1.165, 1.54) is 19.4 Å². The molecular weight excluding hydrogens is 216 g/mol. The largest absolute Gasteiger partial charge is 0.339 e. The maximum absolute atomic E-state index is 5.08. The molecule has 0 saturated carbocycles. The van der Waals surface area contributed by atoms with Gasteiger partial charge in [0.1, 0.15) is 0 Å². The molecule has 0 aliphatic carbocycles. The van der Waals surface area contributed by atoms with Gasteiger partial charge in [-0.2, -0.15) is 4.98 Å². The topological polar surface area (TPSA) is 54.2 Å². The van der Waals surface area contributed by atoms with Crippen LogP contribution in [0, 0.1) is 6.92 Å². The van der Waals surface area contributed by atoms with E-state index in [1.807, 2.05) is 6.92 Å². The Kier molecular flexibility index (Phi) is 4.12. The molecule has 2 rings (SSSR count). The van der Waals surface area contributed by atoms with Crippen LogP contribution in [0.3, 0.4) is 0 Å². The maximum atomic E-state index is 5.08. The van der Waals surface area contributed by atoms with Gasteiger partial charge in [0.25, 0.3) is 0 Å². The van der Waals surface area contributed by atoms with E-state index in [4.69, 9.17) is 4.52 Å². The molecule has 5 nitrogen and oxygen atoms in total. The van der Waals surface area contributed by atoms with Crippen LogP contribution in [0.1, 0.15) is 31.5 Å². The number of aryl methyl sites for hydroxylation is 1. The van der Waals surface area contributed by atoms with Crippen molar-refractivity contribution in [3.63, 3.8) is 0 Å². The molecule has 0 radical (unpaired) electrons. The first-order valence-electron chi connectivity index (χ1n) is 6.38. The maximum Gasteiger partial charge on any atom is 0.227 e. The summed E-state index contributed by atoms with van der Waals surface area (Å²) in [7, 11) is 2.20. The highest BCUT2D eigenvalue weighted by atomic mass is 16.5. The number of hydrogen-bond acceptors (Lipinski definition) is 5. The van der Waals surface area contributed by atoms with Crippen molar-refractivity contribution in [2.24, 2.45) is 0 Å². The first kappa shape index (κ1) is 12.5. The number of piperidine rings is 1. The minimum Gasteiger partial charge on any atom is -0.339 e. The average Bonchev–Trinajstić information content (AvgIpc) is 2.70. The normalized spacial score (nSPS) is 26.3. The van der Waals surface area contributed by atoms with Gasteiger partial charge in [0.15, 0.2) is 5.82 Å². The molecule has 0 bridgehead atoms. The Hall–Kier alpha value is -0.940. The van der Waals surface area contributed by atoms with E-state index < -0.39 is 0 Å². The number of nitrogens with one attached hydrogen (secondary N) is 1. The van der Waals surface area contributed by atoms with Crippen LogP contribution in [0.15, 0.2) is 4.52 Å². The van der Waals surface area contributed by atoms with Gasteiger partial charge in [-0.3, -0.25) is 0 Å². The Bertz CT molecular complexity index is 352. The van der Waals surface area contributed by atoms with E-state index in [0.717, 1.165) is 18.9 Å². The first-order valence-corrected chi connectivity index (χ1v) is 6.38. The lowest BCUT2D eigenvalue weighted by atomic mass is 9.99. The van der Waals surface area contributed by atoms with Gasteiger partial charge in [-0.1, -0.05) is 5.16 Å². The summed E-state index contributed by atoms with van der Waals surface area (Å²) in [6.07, 6.45) is 3.27. The van der Waals surface area contributed by atoms with Crippen molar-refractivity contribution >= 4 is 0 Å². The zero-order valence-corrected chi connectivity index (χ0v) is 10.9. The highest BCUT2D eigenvalue weighted by Crippen LogP contribution is 2.15. The highest BCUT2D eigenvalue weighted by Gasteiger charge is 2.22. The third kappa shape index (κ3) is 3.51. The second-order valence-corrected chi connectivity index (χ2v) is 4.99. The summed E-state index contributed by atoms with van der Waals surface area (Å²) in [5.41, 5.74) is 0. The Morgan fingerprint density at radius 2 is 2.35 bits per heavy atom. The minimum absolute atomic E-state index is 0.630. The first-order chi connectivity index (χ1) is 8.15. The van der Waals surface area contributed by atoms with Crippen molar-refractivity contribution < 1.29 is 4.52 Å². The van der Waals surface area contributed by atoms with Crippen LogP contribution in [0.5, 0.6) is 0 Å². The molecule has 1 N–H and O–H groups in total. The molecule has 96 valence electrons. The molecule has 1 aliphatic heterocycles. The van der Waals surface area contributed by atoms with Crippen molar-refractivity contribution in [2.45, 2.75) is 45.2 Å². The molecule has 0 aromatic carbocycles. The SMILES string of the molecule is Cc1noc(CCNC2CCN(C)C(C)C2)n1. The molecule has 1 aliphatic rings. The Balaban J connectivity index is 1.69. The van der Waals surface area contributed by atoms with Crippen molar-refractivity contribution in [2.75, 3.05) is 20.1 Å². The molecule has 2 unspecified atom stereocenters. The summed E-state index contributed by atoms with van der Waals surface area (Å²) < 4.78 is 5.08. The summed E-state index contributed by atoms with van der Waals surface area (Å²) in [5, 5.41) is 7.36. The van der Waals surface area contributed by atoms with Crippen LogP contribution in [0.25, 0.3) is 0 Å². The molecule has 0 spiro atoms. The van der Waals surface area contributed by atoms with Crippen LogP contribution in [-0.4, -0.2) is 47.3 Å². The van der Waals surface area contributed by atoms with Gasteiger partial charge >= 0.3 is 0 Å².